The van der Waals surface area contributed by atoms with Crippen molar-refractivity contribution in [2.75, 3.05) is 10.2 Å². The predicted octanol–water partition coefficient (Wildman–Crippen LogP) is 2.93. The molecule has 0 spiro atoms. The summed E-state index contributed by atoms with van der Waals surface area (Å²) < 4.78 is 0. The number of benzene rings is 1. The van der Waals surface area contributed by atoms with Crippen molar-refractivity contribution in [1.29, 1.82) is 0 Å². The molecule has 128 valence electrons. The molecule has 0 unspecified atom stereocenters. The van der Waals surface area contributed by atoms with Gasteiger partial charge in [-0.05, 0) is 37.5 Å². The van der Waals surface area contributed by atoms with Gasteiger partial charge in [0.1, 0.15) is 5.82 Å². The van der Waals surface area contributed by atoms with E-state index in [1.165, 1.54) is 17.7 Å². The lowest BCUT2D eigenvalue weighted by atomic mass is 10.1. The van der Waals surface area contributed by atoms with Crippen LogP contribution in [-0.2, 0) is 16.1 Å². The van der Waals surface area contributed by atoms with E-state index in [2.05, 4.69) is 15.3 Å². The highest BCUT2D eigenvalue weighted by Gasteiger charge is 2.31. The average molecular weight is 336 g/mol. The van der Waals surface area contributed by atoms with Gasteiger partial charge in [-0.15, -0.1) is 0 Å². The highest BCUT2D eigenvalue weighted by molar-refractivity contribution is 6.20. The zero-order valence-electron chi connectivity index (χ0n) is 14.2. The number of hydrogen-bond acceptors (Lipinski definition) is 5. The third kappa shape index (κ3) is 3.12. The standard InChI is InChI=1S/C19H20N4O2/c1-12-15(3-2-4-16(12)23-17(24)7-8-18(23)25)20-9-13-10-21-19(22-11-13)14-5-6-14/h2-4,10-11,14,20H,5-9H2,1H3. The minimum absolute atomic E-state index is 0.130. The highest BCUT2D eigenvalue weighted by Crippen LogP contribution is 2.37. The minimum Gasteiger partial charge on any atom is -0.381 e. The Balaban J connectivity index is 1.49. The Labute approximate surface area is 146 Å². The second-order valence-corrected chi connectivity index (χ2v) is 6.65. The van der Waals surface area contributed by atoms with E-state index in [9.17, 15) is 9.59 Å². The van der Waals surface area contributed by atoms with E-state index in [4.69, 9.17) is 0 Å². The molecule has 1 N–H and O–H groups in total. The van der Waals surface area contributed by atoms with E-state index < -0.39 is 0 Å². The molecule has 6 nitrogen and oxygen atoms in total. The first kappa shape index (κ1) is 15.7. The minimum atomic E-state index is -0.130. The van der Waals surface area contributed by atoms with Gasteiger partial charge in [0.15, 0.2) is 0 Å². The molecule has 0 bridgehead atoms. The lowest BCUT2D eigenvalue weighted by Crippen LogP contribution is -2.29. The van der Waals surface area contributed by atoms with Gasteiger partial charge in [0.2, 0.25) is 11.8 Å². The Morgan fingerprint density at radius 3 is 2.44 bits per heavy atom. The fraction of sp³-hybridized carbons (Fsp3) is 0.368. The largest absolute Gasteiger partial charge is 0.381 e. The maximum absolute atomic E-state index is 12.0. The molecule has 2 fully saturated rings. The smallest absolute Gasteiger partial charge is 0.234 e. The second kappa shape index (κ2) is 6.27. The molecule has 1 saturated carbocycles. The summed E-state index contributed by atoms with van der Waals surface area (Å²) >= 11 is 0. The first-order chi connectivity index (χ1) is 12.1. The van der Waals surface area contributed by atoms with Crippen molar-refractivity contribution in [2.45, 2.75) is 45.1 Å². The van der Waals surface area contributed by atoms with Crippen LogP contribution < -0.4 is 10.2 Å². The van der Waals surface area contributed by atoms with Crippen molar-refractivity contribution in [3.05, 3.63) is 47.5 Å². The molecule has 1 saturated heterocycles. The number of rotatable bonds is 5. The summed E-state index contributed by atoms with van der Waals surface area (Å²) in [5.41, 5.74) is 3.46. The molecule has 4 rings (SSSR count). The number of aromatic nitrogens is 2. The summed E-state index contributed by atoms with van der Waals surface area (Å²) in [4.78, 5) is 34.1. The third-order valence-electron chi connectivity index (χ3n) is 4.75. The topological polar surface area (TPSA) is 75.2 Å². The summed E-state index contributed by atoms with van der Waals surface area (Å²) in [7, 11) is 0. The number of carbonyl (C=O) groups excluding carboxylic acids is 2. The van der Waals surface area contributed by atoms with Crippen LogP contribution in [0, 0.1) is 6.92 Å². The molecule has 6 heteroatoms. The van der Waals surface area contributed by atoms with E-state index in [0.29, 0.717) is 31.0 Å². The highest BCUT2D eigenvalue weighted by atomic mass is 16.2. The summed E-state index contributed by atoms with van der Waals surface area (Å²) in [6, 6.07) is 5.62. The Bertz CT molecular complexity index is 812. The SMILES string of the molecule is Cc1c(NCc2cnc(C3CC3)nc2)cccc1N1C(=O)CCC1=O. The Morgan fingerprint density at radius 2 is 1.80 bits per heavy atom. The molecule has 1 aromatic heterocycles. The molecule has 1 aliphatic carbocycles. The normalized spacial score (nSPS) is 17.2. The molecule has 1 aliphatic heterocycles. The van der Waals surface area contributed by atoms with Gasteiger partial charge in [0.05, 0.1) is 5.69 Å². The van der Waals surface area contributed by atoms with Gasteiger partial charge in [0, 0.05) is 48.9 Å². The van der Waals surface area contributed by atoms with Gasteiger partial charge < -0.3 is 5.32 Å². The summed E-state index contributed by atoms with van der Waals surface area (Å²) in [6.07, 6.45) is 6.69. The van der Waals surface area contributed by atoms with Crippen LogP contribution in [0.5, 0.6) is 0 Å². The van der Waals surface area contributed by atoms with E-state index in [1.807, 2.05) is 37.5 Å². The Kier molecular flexibility index (Phi) is 3.95. The molecule has 0 radical (unpaired) electrons. The summed E-state index contributed by atoms with van der Waals surface area (Å²) in [6.45, 7) is 2.51. The quantitative estimate of drug-likeness (QED) is 0.850. The van der Waals surface area contributed by atoms with E-state index in [-0.39, 0.29) is 11.8 Å². The van der Waals surface area contributed by atoms with Crippen molar-refractivity contribution in [3.8, 4) is 0 Å². The van der Waals surface area contributed by atoms with Crippen LogP contribution in [-0.4, -0.2) is 21.8 Å². The van der Waals surface area contributed by atoms with Crippen LogP contribution in [0.2, 0.25) is 0 Å². The monoisotopic (exact) mass is 336 g/mol. The van der Waals surface area contributed by atoms with Crippen LogP contribution in [0.25, 0.3) is 0 Å². The Morgan fingerprint density at radius 1 is 1.12 bits per heavy atom. The summed E-state index contributed by atoms with van der Waals surface area (Å²) in [5.74, 6) is 1.23. The number of nitrogens with one attached hydrogen (secondary N) is 1. The number of anilines is 2. The zero-order valence-corrected chi connectivity index (χ0v) is 14.2. The number of amides is 2. The molecule has 1 aromatic carbocycles. The van der Waals surface area contributed by atoms with Crippen molar-refractivity contribution >= 4 is 23.2 Å². The second-order valence-electron chi connectivity index (χ2n) is 6.65. The maximum atomic E-state index is 12.0. The molecular weight excluding hydrogens is 316 g/mol. The lowest BCUT2D eigenvalue weighted by molar-refractivity contribution is -0.121. The van der Waals surface area contributed by atoms with Crippen LogP contribution in [0.15, 0.2) is 30.6 Å². The molecular formula is C19H20N4O2. The molecule has 2 aliphatic rings. The van der Waals surface area contributed by atoms with Crippen LogP contribution in [0.4, 0.5) is 11.4 Å². The van der Waals surface area contributed by atoms with Crippen molar-refractivity contribution in [1.82, 2.24) is 9.97 Å². The van der Waals surface area contributed by atoms with Gasteiger partial charge in [0.25, 0.3) is 0 Å². The van der Waals surface area contributed by atoms with Crippen LogP contribution in [0.1, 0.15) is 48.6 Å². The maximum Gasteiger partial charge on any atom is 0.234 e. The zero-order chi connectivity index (χ0) is 17.4. The molecule has 2 amide bonds. The molecule has 2 aromatic rings. The van der Waals surface area contributed by atoms with E-state index in [1.54, 1.807) is 0 Å². The van der Waals surface area contributed by atoms with Gasteiger partial charge >= 0.3 is 0 Å². The molecule has 25 heavy (non-hydrogen) atoms. The predicted molar refractivity (Wildman–Crippen MR) is 94.2 cm³/mol. The van der Waals surface area contributed by atoms with Crippen molar-refractivity contribution < 1.29 is 9.59 Å². The number of hydrogen-bond donors (Lipinski definition) is 1. The fourth-order valence-corrected chi connectivity index (χ4v) is 3.11. The molecule has 2 heterocycles. The van der Waals surface area contributed by atoms with E-state index >= 15 is 0 Å². The lowest BCUT2D eigenvalue weighted by Gasteiger charge is -2.19. The molecule has 0 atom stereocenters. The average Bonchev–Trinajstić information content (AvgIpc) is 3.41. The third-order valence-corrected chi connectivity index (χ3v) is 4.75. The van der Waals surface area contributed by atoms with Gasteiger partial charge in [-0.25, -0.2) is 9.97 Å². The first-order valence-corrected chi connectivity index (χ1v) is 8.63. The van der Waals surface area contributed by atoms with Gasteiger partial charge in [-0.3, -0.25) is 14.5 Å². The van der Waals surface area contributed by atoms with Crippen LogP contribution >= 0.6 is 0 Å². The number of imide groups is 1. The van der Waals surface area contributed by atoms with E-state index in [0.717, 1.165) is 22.6 Å². The number of carbonyl (C=O) groups is 2. The van der Waals surface area contributed by atoms with Crippen LogP contribution in [0.3, 0.4) is 0 Å². The first-order valence-electron chi connectivity index (χ1n) is 8.63. The van der Waals surface area contributed by atoms with Gasteiger partial charge in [-0.2, -0.15) is 0 Å². The van der Waals surface area contributed by atoms with Gasteiger partial charge in [-0.1, -0.05) is 6.07 Å². The van der Waals surface area contributed by atoms with Crippen molar-refractivity contribution in [3.63, 3.8) is 0 Å². The summed E-state index contributed by atoms with van der Waals surface area (Å²) in [5, 5.41) is 3.36. The number of nitrogens with zero attached hydrogens (tertiary/aromatic N) is 3. The Hall–Kier alpha value is -2.76. The fourth-order valence-electron chi connectivity index (χ4n) is 3.11. The van der Waals surface area contributed by atoms with Crippen molar-refractivity contribution in [2.24, 2.45) is 0 Å².